The topological polar surface area (TPSA) is 347 Å². The highest BCUT2D eigenvalue weighted by atomic mass is 35.5. The van der Waals surface area contributed by atoms with Crippen molar-refractivity contribution in [2.75, 3.05) is 18.8 Å². The lowest BCUT2D eigenvalue weighted by Gasteiger charge is -2.16. The number of carbonyl (C=O) groups excluding carboxylic acids is 1. The summed E-state index contributed by atoms with van der Waals surface area (Å²) in [5.74, 6) is 23.2. The lowest BCUT2D eigenvalue weighted by atomic mass is 9.92. The van der Waals surface area contributed by atoms with Crippen LogP contribution >= 0.6 is 23.4 Å². The molecule has 11 aromatic rings. The zero-order valence-corrected chi connectivity index (χ0v) is 102. The number of rotatable bonds is 1. The smallest absolute Gasteiger partial charge is 0.177 e. The van der Waals surface area contributed by atoms with E-state index in [-0.39, 0.29) is 76.2 Å². The van der Waals surface area contributed by atoms with Crippen molar-refractivity contribution in [2.45, 2.75) is 385 Å². The molecule has 1 aromatic carbocycles. The quantitative estimate of drug-likeness (QED) is 0.0420. The summed E-state index contributed by atoms with van der Waals surface area (Å²) in [5.41, 5.74) is 16.2. The van der Waals surface area contributed by atoms with Gasteiger partial charge >= 0.3 is 0 Å². The number of Topliss-reactive ketones (excluding diaryl/α,β-unsaturated/α-hetero) is 1. The van der Waals surface area contributed by atoms with Crippen molar-refractivity contribution < 1.29 is 17.6 Å². The number of aromatic amines is 9. The molecule has 2 unspecified atom stereocenters. The van der Waals surface area contributed by atoms with Gasteiger partial charge in [0.25, 0.3) is 0 Å². The van der Waals surface area contributed by atoms with E-state index in [1.807, 2.05) is 102 Å². The van der Waals surface area contributed by atoms with Crippen LogP contribution < -0.4 is 0 Å². The number of aryl methyl sites for hydroxylation is 5. The van der Waals surface area contributed by atoms with Crippen LogP contribution in [0.5, 0.6) is 0 Å². The van der Waals surface area contributed by atoms with Crippen molar-refractivity contribution in [1.29, 1.82) is 0 Å². The average Bonchev–Trinajstić information content (AvgIpc) is 1.67. The number of terminal acetylenes is 4. The number of hydrogen-bond acceptors (Lipinski definition) is 16. The molecule has 24 nitrogen and oxygen atoms in total. The summed E-state index contributed by atoms with van der Waals surface area (Å²) < 4.78 is 28.0. The van der Waals surface area contributed by atoms with Gasteiger partial charge in [0.05, 0.1) is 50.0 Å². The number of aromatic nitrogens is 17. The third-order valence-electron chi connectivity index (χ3n) is 21.4. The fourth-order valence-corrected chi connectivity index (χ4v) is 13.9. The molecular weight excluding hydrogens is 1910 g/mol. The number of ketones is 1. The predicted molar refractivity (Wildman–Crippen MR) is 631 cm³/mol. The second kappa shape index (κ2) is 54.2. The van der Waals surface area contributed by atoms with Gasteiger partial charge in [-0.1, -0.05) is 324 Å². The second-order valence-electron chi connectivity index (χ2n) is 50.1. The number of aliphatic imine (C=N–C) groups is 3. The van der Waals surface area contributed by atoms with E-state index in [0.717, 1.165) is 143 Å². The summed E-state index contributed by atoms with van der Waals surface area (Å²) in [6, 6.07) is 13.9. The number of thioether (sulfide) groups is 1. The SMILES string of the molecule is C#Cc1c[nH]c(C(C)(C)C)c1.C#Cc1ccc(C(C)(C)C)o1.C#Cc1cnc(C(C)(C)C)[nH]1.C#Cc1nc(C(C)(C)C)[nH]c1C.C=S(C)(=O)C1=NC(C(C)(C)C)=CC1.CC(=O)c1cnc(C(C)(C)C)[nH]1.CC(C)(C)c1nc2ccccc2[nH]1.CS(=O)C1=NC(C(C)(C)C)=CC1.CSC1=NC(C(C)(C)C)=CC1.Cc1[nH]c(C(C)(C)C)nc1Cl.Cc1cnc(C(C)(C)C)[nH]1.Cc1cnc(C(C)(C)C)[nH]1.Cc1cnc(C(C)(C)C)[nH]1. The fourth-order valence-electron chi connectivity index (χ4n) is 12.1. The number of nitrogens with one attached hydrogen (secondary N) is 9. The number of H-pyrrole nitrogens is 9. The number of furan rings is 1. The summed E-state index contributed by atoms with van der Waals surface area (Å²) in [6.07, 6.45) is 45.8. The van der Waals surface area contributed by atoms with Gasteiger partial charge in [-0.2, -0.15) is 0 Å². The van der Waals surface area contributed by atoms with Crippen LogP contribution in [0.15, 0.2) is 134 Å². The van der Waals surface area contributed by atoms with Gasteiger partial charge in [-0.15, -0.1) is 37.5 Å². The van der Waals surface area contributed by atoms with Gasteiger partial charge in [0.1, 0.15) is 79.6 Å². The minimum Gasteiger partial charge on any atom is -0.452 e. The fraction of sp³-hybridized carbons (Fsp3) is 0.538. The average molecular weight is 2090 g/mol. The molecule has 0 amide bonds. The molecule has 3 aliphatic heterocycles. The van der Waals surface area contributed by atoms with Crippen molar-refractivity contribution in [1.82, 2.24) is 84.7 Å². The highest BCUT2D eigenvalue weighted by Gasteiger charge is 2.29. The maximum Gasteiger partial charge on any atom is 0.177 e. The van der Waals surface area contributed by atoms with Crippen LogP contribution in [-0.4, -0.2) is 139 Å². The molecular formula is C119H181ClN20O4S3. The lowest BCUT2D eigenvalue weighted by Crippen LogP contribution is -2.13. The van der Waals surface area contributed by atoms with Crippen LogP contribution in [0.1, 0.15) is 416 Å². The standard InChI is InChI=1S/C11H14N2.C10H14N2.C10H17NOS.C10H13N.C10H12O.C9H14N2O.C9H12N2.C9H15NOS.C9H15NS.C8H13ClN2.3C8H14N2/c1-11(2,3)10-12-8-6-4-5-7-9(8)13-10;1-6-8-7(2)11-9(12-8)10(3,4)5;1-10(2,3)8-6-7-9(11-8)13(4,5)12;1-5-8-6-9(11-7-8)10(2,3)4;1-5-8-6-7-9(11-8)10(2,3)4;1-6(12)7-5-10-8(11-7)9(2,3)4;1-5-7-6-10-8(11-7)9(2,3)4;1-9(2,3)7-5-6-8(10-7)12(4)11;1-9(2,3)7-5-6-8(10-7)11-4;1-5-6(9)11-7(10-5)8(2,3)4;3*1-6-5-9-7(10-6)8(2,3)4/h4-7H,1-3H3,(H,12,13);1H,2-5H3,(H,11,12);6H,4,7H2,1-3,5H3;1,6-7,11H,2-4H3;1,6-7H,2-4H3;5H,1-4H3,(H,10,11);1,6H,2-4H3,(H,10,11);5H,6H2,1-4H3;5H,6H2,1-4H3;1-4H3,(H,10,11);3*5H,1-4H3,(H,9,10). The Hall–Kier alpha value is -11.3. The molecule has 10 aromatic heterocycles. The van der Waals surface area contributed by atoms with Crippen molar-refractivity contribution in [2.24, 2.45) is 31.2 Å². The van der Waals surface area contributed by atoms with Crippen LogP contribution in [0.3, 0.4) is 0 Å². The molecule has 147 heavy (non-hydrogen) atoms. The molecule has 0 bridgehead atoms. The number of para-hydroxylation sites is 2. The van der Waals surface area contributed by atoms with E-state index in [1.165, 1.54) is 23.4 Å². The van der Waals surface area contributed by atoms with Gasteiger partial charge in [-0.25, -0.2) is 49.9 Å². The zero-order chi connectivity index (χ0) is 114. The zero-order valence-electron chi connectivity index (χ0n) is 98.5. The number of hydrogen-bond donors (Lipinski definition) is 9. The minimum absolute atomic E-state index is 0.0201. The molecule has 2 atom stereocenters. The highest BCUT2D eigenvalue weighted by molar-refractivity contribution is 8.13. The summed E-state index contributed by atoms with van der Waals surface area (Å²) in [6.45, 7) is 94.2. The van der Waals surface area contributed by atoms with E-state index in [2.05, 4.69) is 424 Å². The molecule has 0 spiro atoms. The van der Waals surface area contributed by atoms with Crippen LogP contribution in [0.25, 0.3) is 11.0 Å². The Labute approximate surface area is 897 Å². The molecule has 0 fully saturated rings. The third-order valence-corrected chi connectivity index (χ3v) is 24.6. The van der Waals surface area contributed by atoms with Crippen molar-refractivity contribution in [3.8, 4) is 49.4 Å². The Morgan fingerprint density at radius 2 is 0.844 bits per heavy atom. The maximum atomic E-state index is 11.6. The Morgan fingerprint density at radius 1 is 0.442 bits per heavy atom. The van der Waals surface area contributed by atoms with Crippen LogP contribution in [0.4, 0.5) is 0 Å². The molecule has 28 heteroatoms. The van der Waals surface area contributed by atoms with Gasteiger partial charge in [0.2, 0.25) is 0 Å². The van der Waals surface area contributed by atoms with E-state index >= 15 is 0 Å². The van der Waals surface area contributed by atoms with Gasteiger partial charge in [-0.3, -0.25) is 18.2 Å². The maximum absolute atomic E-state index is 11.6. The summed E-state index contributed by atoms with van der Waals surface area (Å²) in [4.78, 5) is 86.6. The van der Waals surface area contributed by atoms with E-state index in [9.17, 15) is 13.2 Å². The molecule has 13 heterocycles. The number of allylic oxidation sites excluding steroid dienone is 6. The minimum atomic E-state index is -2.10. The first-order valence-electron chi connectivity index (χ1n) is 49.7. The monoisotopic (exact) mass is 2090 g/mol. The van der Waals surface area contributed by atoms with E-state index in [4.69, 9.17) is 41.7 Å². The molecule has 0 radical (unpaired) electrons. The number of fused-ring (bicyclic) bond motifs is 1. The van der Waals surface area contributed by atoms with Crippen LogP contribution in [0.2, 0.25) is 5.15 Å². The van der Waals surface area contributed by atoms with Crippen LogP contribution in [0, 0.1) is 100 Å². The first-order chi connectivity index (χ1) is 66.6. The largest absolute Gasteiger partial charge is 0.452 e. The molecule has 0 saturated carbocycles. The molecule has 0 saturated heterocycles. The number of imidazole rings is 8. The number of nitrogens with zero attached hydrogens (tertiary/aromatic N) is 11. The van der Waals surface area contributed by atoms with Gasteiger partial charge < -0.3 is 49.3 Å². The number of carbonyl (C=O) groups is 1. The summed E-state index contributed by atoms with van der Waals surface area (Å²) in [7, 11) is -3.00. The summed E-state index contributed by atoms with van der Waals surface area (Å²) in [5, 5.41) is 3.36. The van der Waals surface area contributed by atoms with Crippen molar-refractivity contribution >= 4 is 81.5 Å². The summed E-state index contributed by atoms with van der Waals surface area (Å²) >= 11 is 7.54. The van der Waals surface area contributed by atoms with Crippen LogP contribution in [-0.2, 0) is 74.5 Å². The molecule has 9 N–H and O–H groups in total. The van der Waals surface area contributed by atoms with Gasteiger partial charge in [0, 0.05) is 195 Å². The molecule has 806 valence electrons. The Morgan fingerprint density at radius 3 is 1.09 bits per heavy atom. The van der Waals surface area contributed by atoms with E-state index in [0.29, 0.717) is 23.0 Å². The van der Waals surface area contributed by atoms with Crippen molar-refractivity contribution in [3.05, 3.63) is 235 Å². The lowest BCUT2D eigenvalue weighted by molar-refractivity contribution is 0.101. The van der Waals surface area contributed by atoms with Gasteiger partial charge in [0.15, 0.2) is 11.5 Å². The first-order valence-corrected chi connectivity index (χ1v) is 55.0. The molecule has 0 aliphatic carbocycles. The van der Waals surface area contributed by atoms with Gasteiger partial charge in [-0.05, 0) is 88.9 Å². The predicted octanol–water partition coefficient (Wildman–Crippen LogP) is 29.3. The van der Waals surface area contributed by atoms with E-state index in [1.54, 1.807) is 36.7 Å². The van der Waals surface area contributed by atoms with Crippen molar-refractivity contribution in [3.63, 3.8) is 0 Å². The number of benzene rings is 1. The Bertz CT molecular complexity index is 6240. The first kappa shape index (κ1) is 132. The molecule has 14 rings (SSSR count). The van der Waals surface area contributed by atoms with E-state index < -0.39 is 20.3 Å². The third kappa shape index (κ3) is 47.4. The number of halogens is 1. The molecule has 3 aliphatic rings. The Balaban J connectivity index is 0.000000538. The Kier molecular flexibility index (Phi) is 48.6. The normalized spacial score (nSPS) is 13.8. The highest BCUT2D eigenvalue weighted by Crippen LogP contribution is 2.36. The second-order valence-corrected chi connectivity index (χ2v) is 55.2.